The lowest BCUT2D eigenvalue weighted by molar-refractivity contribution is -0.120. The van der Waals surface area contributed by atoms with Crippen molar-refractivity contribution in [2.24, 2.45) is 28.5 Å². The summed E-state index contributed by atoms with van der Waals surface area (Å²) in [6.07, 6.45) is 9.86. The zero-order chi connectivity index (χ0) is 97.3. The number of aliphatic imine (C=N–C) groups is 1. The van der Waals surface area contributed by atoms with Gasteiger partial charge in [0.1, 0.15) is 47.0 Å². The number of nitriles is 3. The summed E-state index contributed by atoms with van der Waals surface area (Å²) in [6, 6.07) is 52.3. The molecule has 3 saturated carbocycles. The number of isocyanates is 1. The van der Waals surface area contributed by atoms with Gasteiger partial charge in [-0.25, -0.2) is 58.6 Å². The van der Waals surface area contributed by atoms with Crippen LogP contribution in [0.3, 0.4) is 0 Å². The van der Waals surface area contributed by atoms with Crippen molar-refractivity contribution in [1.29, 1.82) is 15.8 Å². The molecule has 136 heavy (non-hydrogen) atoms. The van der Waals surface area contributed by atoms with Gasteiger partial charge in [-0.1, -0.05) is 93.1 Å². The summed E-state index contributed by atoms with van der Waals surface area (Å²) in [5.41, 5.74) is 9.94. The predicted molar refractivity (Wildman–Crippen MR) is 510 cm³/mol. The van der Waals surface area contributed by atoms with Gasteiger partial charge >= 0.3 is 12.1 Å². The number of aliphatic hydroxyl groups excluding tert-OH is 3. The number of amides is 7. The van der Waals surface area contributed by atoms with E-state index in [1.54, 1.807) is 78.9 Å². The molecule has 35 heteroatoms. The van der Waals surface area contributed by atoms with E-state index in [4.69, 9.17) is 5.73 Å². The second kappa shape index (κ2) is 46.0. The van der Waals surface area contributed by atoms with Crippen molar-refractivity contribution in [3.63, 3.8) is 0 Å². The number of nitrogens with one attached hydrogen (secondary N) is 8. The van der Waals surface area contributed by atoms with Gasteiger partial charge in [-0.3, -0.25) is 14.4 Å². The maximum absolute atomic E-state index is 15.4. The summed E-state index contributed by atoms with van der Waals surface area (Å²) in [6.45, 7) is 11.3. The molecule has 9 aromatic rings. The Balaban J connectivity index is 0.000000186. The summed E-state index contributed by atoms with van der Waals surface area (Å²) in [7, 11) is -3.07. The number of halogens is 7. The molecular weight excluding hydrogens is 1810 g/mol. The molecule has 11 atom stereocenters. The third-order valence-electron chi connectivity index (χ3n) is 24.5. The first-order chi connectivity index (χ1) is 64.3. The number of β-amino-alcohol motifs (C(OH)–C–C–N with tert-alkyl or cyclic N) is 3. The minimum absolute atomic E-state index is 0. The van der Waals surface area contributed by atoms with Gasteiger partial charge < -0.3 is 62.8 Å². The van der Waals surface area contributed by atoms with Crippen molar-refractivity contribution in [2.75, 3.05) is 46.2 Å². The highest BCUT2D eigenvalue weighted by Gasteiger charge is 2.46. The normalized spacial score (nSPS) is 19.4. The Morgan fingerprint density at radius 2 is 0.787 bits per heavy atom. The zero-order valence-electron chi connectivity index (χ0n) is 75.8. The van der Waals surface area contributed by atoms with E-state index in [-0.39, 0.29) is 67.6 Å². The van der Waals surface area contributed by atoms with E-state index in [0.29, 0.717) is 105 Å². The van der Waals surface area contributed by atoms with Crippen LogP contribution < -0.4 is 47.1 Å². The smallest absolute Gasteiger partial charge is 0.322 e. The van der Waals surface area contributed by atoms with Gasteiger partial charge in [-0.2, -0.15) is 20.8 Å². The number of urea groups is 2. The van der Waals surface area contributed by atoms with Crippen LogP contribution in [0.15, 0.2) is 205 Å². The van der Waals surface area contributed by atoms with Crippen molar-refractivity contribution < 1.29 is 78.8 Å². The van der Waals surface area contributed by atoms with E-state index in [2.05, 4.69) is 64.5 Å². The second-order valence-corrected chi connectivity index (χ2v) is 40.8. The molecule has 15 rings (SSSR count). The summed E-state index contributed by atoms with van der Waals surface area (Å²) in [4.78, 5) is 81.0. The van der Waals surface area contributed by atoms with Gasteiger partial charge in [0, 0.05) is 43.9 Å². The number of carbonyl (C=O) groups is 5. The number of rotatable bonds is 28. The van der Waals surface area contributed by atoms with E-state index in [9.17, 15) is 85.9 Å². The van der Waals surface area contributed by atoms with E-state index in [1.807, 2.05) is 59.7 Å². The van der Waals surface area contributed by atoms with E-state index in [1.165, 1.54) is 114 Å². The average Bonchev–Trinajstić information content (AvgIpc) is 1.17. The molecule has 13 N–H and O–H groups in total. The zero-order valence-corrected chi connectivity index (χ0v) is 78.3. The van der Waals surface area contributed by atoms with Crippen LogP contribution in [0.2, 0.25) is 0 Å². The lowest BCUT2D eigenvalue weighted by Crippen LogP contribution is -2.49. The van der Waals surface area contributed by atoms with Crippen molar-refractivity contribution in [1.82, 2.24) is 24.6 Å². The Morgan fingerprint density at radius 1 is 0.449 bits per heavy atom. The molecule has 0 aromatic heterocycles. The molecule has 6 fully saturated rings. The number of hydrogen-bond acceptors (Lipinski definition) is 17. The van der Waals surface area contributed by atoms with E-state index in [0.717, 1.165) is 68.3 Å². The topological polar surface area (TPSA) is 410 Å². The number of nitrogens with zero attached hydrogens (tertiary/aromatic N) is 6. The standard InChI is InChI=1S/C35H39F2N5O4S.C31H31F2N5O3.C28H35FN4O3S.C7H4FNO.ClH/c1-34(2,3)47(46)41-35(16-15-22-7-8-22,24-6-4-5-23(17-24)20-38)25-9-14-29(37)30(18-25)40-32(44)31-19-28(43)21-42(31)33(45)39-27-12-10-26(36)11-13-27;32-23-7-9-24(10-8-23)36-30(41)38-18-25(39)16-28(38)29(40)37-27-15-22(6-11-26(27)33)31(35,13-12-19-4-5-19)21-3-1-2-20(14-21)17-34;1-27(2,3)37(36)33-28(12-11-18-7-8-18,20-6-4-5-19(13-20)16-30)21-9-10-23(29)24(14-21)32-26(35)25-15-22(34)17-31-25;8-6-1-3-7(4-2-6)9-5-10;/h4-6,9-14,17-18,22,28,31,41,43H,7-8,15-16,19,21H2,1-3H3,(H,39,45)(H,40,44);1-3,6-11,14-15,19,25,28,39H,4-5,12-13,16,18,35H2,(H,36,41)(H,37,40);4-6,9-10,13-14,18,22,25,31,33-34H,7-8,11-12,15,17H2,1-3H3,(H,32,35);1-4H;1H/t28-,31-,35?,47-;25-,28-,31?;22-,25-,28?,37-;;/m111../s1. The first kappa shape index (κ1) is 104. The molecule has 0 bridgehead atoms. The van der Waals surface area contributed by atoms with Crippen molar-refractivity contribution in [2.45, 2.75) is 200 Å². The van der Waals surface area contributed by atoms with Crippen LogP contribution >= 0.6 is 12.4 Å². The number of carbonyl (C=O) groups excluding carboxylic acids is 6. The van der Waals surface area contributed by atoms with Gasteiger partial charge in [0.05, 0.1) is 130 Å². The third-order valence-corrected chi connectivity index (χ3v) is 27.8. The Morgan fingerprint density at radius 3 is 1.15 bits per heavy atom. The molecule has 3 aliphatic carbocycles. The van der Waals surface area contributed by atoms with E-state index < -0.39 is 143 Å². The molecule has 3 unspecified atom stereocenters. The van der Waals surface area contributed by atoms with Crippen LogP contribution in [-0.2, 0) is 57.8 Å². The minimum atomic E-state index is -1.58. The average molecular weight is 1920 g/mol. The highest BCUT2D eigenvalue weighted by Crippen LogP contribution is 2.47. The maximum Gasteiger partial charge on any atom is 0.322 e. The number of aliphatic hydroxyl groups is 3. The molecule has 3 aliphatic heterocycles. The number of anilines is 5. The quantitative estimate of drug-likeness (QED) is 0.0123. The van der Waals surface area contributed by atoms with Crippen LogP contribution in [0.25, 0.3) is 0 Å². The molecule has 0 radical (unpaired) electrons. The van der Waals surface area contributed by atoms with E-state index >= 15 is 8.78 Å². The highest BCUT2D eigenvalue weighted by molar-refractivity contribution is 7.84. The summed E-state index contributed by atoms with van der Waals surface area (Å²) in [5, 5.41) is 75.2. The van der Waals surface area contributed by atoms with Crippen LogP contribution in [0.4, 0.5) is 70.1 Å². The number of benzene rings is 9. The van der Waals surface area contributed by atoms with Gasteiger partial charge in [-0.15, -0.1) is 12.4 Å². The maximum atomic E-state index is 15.4. The fraction of sp³-hybridized carbons (Fsp3) is 0.376. The SMILES string of the molecule is CC(C)(C)[S@@](=O)NC(CCC1CC1)(c1cccc(C#N)c1)c1ccc(F)c(NC(=O)[C@H]2C[C@@H](O)CN2)c1.CC(C)(C)[S@@](=O)NC(CCC1CC1)(c1cccc(C#N)c1)c1ccc(F)c(NC(=O)[C@H]2C[C@@H](O)CN2C(=O)Nc2ccc(F)cc2)c1.Cl.N#Cc1cccc(C(N)(CCC2CC2)c2ccc(F)c(NC(=O)[C@H]3C[C@@H](O)CN3C(=O)Nc3ccc(F)cc3)c2)c1.O=C=Nc1ccc(F)cc1. The highest BCUT2D eigenvalue weighted by atomic mass is 35.5. The number of nitrogens with two attached hydrogens (primary N) is 1. The summed E-state index contributed by atoms with van der Waals surface area (Å²) >= 11 is 0. The monoisotopic (exact) mass is 1920 g/mol. The summed E-state index contributed by atoms with van der Waals surface area (Å²) in [5.74, 6) is -3.41. The summed E-state index contributed by atoms with van der Waals surface area (Å²) < 4.78 is 117. The van der Waals surface area contributed by atoms with Gasteiger partial charge in [0.15, 0.2) is 0 Å². The lowest BCUT2D eigenvalue weighted by Gasteiger charge is -2.38. The van der Waals surface area contributed by atoms with Crippen LogP contribution in [0.1, 0.15) is 188 Å². The number of hydrogen-bond donors (Lipinski definition) is 12. The van der Waals surface area contributed by atoms with Gasteiger partial charge in [-0.05, 0) is 283 Å². The first-order valence-electron chi connectivity index (χ1n) is 44.6. The van der Waals surface area contributed by atoms with Gasteiger partial charge in [0.25, 0.3) is 0 Å². The Hall–Kier alpha value is -12.3. The Kier molecular flexibility index (Phi) is 35.2. The molecule has 3 saturated heterocycles. The lowest BCUT2D eigenvalue weighted by atomic mass is 9.79. The molecule has 716 valence electrons. The molecule has 26 nitrogen and oxygen atoms in total. The molecular formula is C101H110ClF6N15O11S2. The van der Waals surface area contributed by atoms with Crippen molar-refractivity contribution in [3.8, 4) is 18.2 Å². The molecule has 9 aromatic carbocycles. The third kappa shape index (κ3) is 27.5. The molecule has 3 heterocycles. The fourth-order valence-corrected chi connectivity index (χ4v) is 18.2. The number of likely N-dealkylation sites (tertiary alicyclic amines) is 2. The van der Waals surface area contributed by atoms with Crippen LogP contribution in [0.5, 0.6) is 0 Å². The Bertz CT molecular complexity index is 6030. The van der Waals surface area contributed by atoms with Crippen LogP contribution in [-0.4, -0.2) is 135 Å². The molecule has 7 amide bonds. The largest absolute Gasteiger partial charge is 0.392 e. The first-order valence-corrected chi connectivity index (χ1v) is 46.9. The van der Waals surface area contributed by atoms with Crippen molar-refractivity contribution in [3.05, 3.63) is 285 Å². The molecule has 0 spiro atoms. The fourth-order valence-electron chi connectivity index (χ4n) is 16.2. The molecule has 6 aliphatic rings. The Labute approximate surface area is 797 Å². The van der Waals surface area contributed by atoms with Gasteiger partial charge in [0.2, 0.25) is 23.8 Å². The second-order valence-electron chi connectivity index (χ2n) is 36.8. The van der Waals surface area contributed by atoms with Crippen molar-refractivity contribution >= 4 is 104 Å². The minimum Gasteiger partial charge on any atom is -0.392 e. The van der Waals surface area contributed by atoms with Crippen LogP contribution in [0, 0.1) is 86.7 Å². The predicted octanol–water partition coefficient (Wildman–Crippen LogP) is 16.8.